The Morgan fingerprint density at radius 1 is 1.56 bits per heavy atom. The van der Waals surface area contributed by atoms with Crippen molar-refractivity contribution in [1.29, 1.82) is 0 Å². The summed E-state index contributed by atoms with van der Waals surface area (Å²) in [4.78, 5) is 5.47. The van der Waals surface area contributed by atoms with Crippen LogP contribution in [0.5, 0.6) is 0 Å². The average molecular weight is 295 g/mol. The largest absolute Gasteiger partial charge is 0.395 e. The van der Waals surface area contributed by atoms with Gasteiger partial charge in [0.25, 0.3) is 6.43 Å². The highest BCUT2D eigenvalue weighted by atomic mass is 79.9. The summed E-state index contributed by atoms with van der Waals surface area (Å²) in [6.07, 6.45) is -0.894. The molecule has 0 bridgehead atoms. The van der Waals surface area contributed by atoms with Gasteiger partial charge in [0.2, 0.25) is 0 Å². The molecule has 0 fully saturated rings. The van der Waals surface area contributed by atoms with E-state index < -0.39 is 13.0 Å². The van der Waals surface area contributed by atoms with Gasteiger partial charge in [0, 0.05) is 17.2 Å². The topological polar surface area (TPSA) is 36.4 Å². The molecule has 0 atom stereocenters. The number of alkyl halides is 2. The maximum atomic E-state index is 12.3. The van der Waals surface area contributed by atoms with E-state index >= 15 is 0 Å². The van der Waals surface area contributed by atoms with E-state index in [1.54, 1.807) is 19.2 Å². The van der Waals surface area contributed by atoms with Crippen LogP contribution in [-0.2, 0) is 0 Å². The number of aliphatic hydroxyl groups is 1. The number of anilines is 1. The summed E-state index contributed by atoms with van der Waals surface area (Å²) in [6.45, 7) is 1.35. The van der Waals surface area contributed by atoms with Gasteiger partial charge in [0.15, 0.2) is 0 Å². The van der Waals surface area contributed by atoms with Gasteiger partial charge >= 0.3 is 0 Å². The van der Waals surface area contributed by atoms with Crippen LogP contribution in [0.15, 0.2) is 16.7 Å². The van der Waals surface area contributed by atoms with Gasteiger partial charge in [-0.15, -0.1) is 0 Å². The molecule has 3 nitrogen and oxygen atoms in total. The summed E-state index contributed by atoms with van der Waals surface area (Å²) in [5.74, 6) is 0.484. The van der Waals surface area contributed by atoms with Crippen molar-refractivity contribution in [3.8, 4) is 0 Å². The van der Waals surface area contributed by atoms with E-state index in [2.05, 4.69) is 20.9 Å². The lowest BCUT2D eigenvalue weighted by Crippen LogP contribution is -2.32. The van der Waals surface area contributed by atoms with Crippen LogP contribution >= 0.6 is 15.9 Å². The number of pyridine rings is 1. The maximum Gasteiger partial charge on any atom is 0.255 e. The number of aromatic nitrogens is 1. The monoisotopic (exact) mass is 294 g/mol. The lowest BCUT2D eigenvalue weighted by molar-refractivity contribution is 0.152. The van der Waals surface area contributed by atoms with Crippen LogP contribution in [0.4, 0.5) is 14.6 Å². The van der Waals surface area contributed by atoms with E-state index in [0.29, 0.717) is 5.82 Å². The first-order valence-corrected chi connectivity index (χ1v) is 5.60. The lowest BCUT2D eigenvalue weighted by Gasteiger charge is -2.23. The van der Waals surface area contributed by atoms with Gasteiger partial charge in [-0.2, -0.15) is 0 Å². The Bertz CT molecular complexity index is 350. The third kappa shape index (κ3) is 3.68. The van der Waals surface area contributed by atoms with Gasteiger partial charge in [-0.25, -0.2) is 13.8 Å². The molecule has 0 amide bonds. The molecule has 0 saturated heterocycles. The van der Waals surface area contributed by atoms with Crippen molar-refractivity contribution in [3.05, 3.63) is 22.3 Å². The molecule has 0 unspecified atom stereocenters. The van der Waals surface area contributed by atoms with Crippen LogP contribution in [0.2, 0.25) is 0 Å². The van der Waals surface area contributed by atoms with Gasteiger partial charge in [0.05, 0.1) is 13.2 Å². The van der Waals surface area contributed by atoms with Gasteiger partial charge in [-0.3, -0.25) is 0 Å². The Balaban J connectivity index is 2.91. The zero-order chi connectivity index (χ0) is 12.1. The molecule has 0 saturated carbocycles. The Kier molecular flexibility index (Phi) is 5.08. The fourth-order valence-corrected chi connectivity index (χ4v) is 1.88. The number of aliphatic hydroxyl groups excluding tert-OH is 1. The smallest absolute Gasteiger partial charge is 0.255 e. The third-order valence-corrected chi connectivity index (χ3v) is 2.48. The fourth-order valence-electron chi connectivity index (χ4n) is 1.44. The van der Waals surface area contributed by atoms with Crippen molar-refractivity contribution in [2.45, 2.75) is 13.3 Å². The number of nitrogens with zero attached hydrogens (tertiary/aromatic N) is 2. The van der Waals surface area contributed by atoms with Crippen LogP contribution < -0.4 is 4.90 Å². The first-order valence-electron chi connectivity index (χ1n) is 4.80. The second-order valence-corrected chi connectivity index (χ2v) is 4.27. The van der Waals surface area contributed by atoms with Crippen LogP contribution in [0.25, 0.3) is 0 Å². The van der Waals surface area contributed by atoms with Gasteiger partial charge in [-0.05, 0) is 34.5 Å². The second kappa shape index (κ2) is 6.10. The molecule has 1 aromatic heterocycles. The summed E-state index contributed by atoms with van der Waals surface area (Å²) in [6, 6.07) is 1.80. The van der Waals surface area contributed by atoms with Gasteiger partial charge in [-0.1, -0.05) is 0 Å². The van der Waals surface area contributed by atoms with Crippen LogP contribution in [0.3, 0.4) is 0 Å². The Hall–Kier alpha value is -0.750. The molecular weight excluding hydrogens is 282 g/mol. The van der Waals surface area contributed by atoms with E-state index in [9.17, 15) is 8.78 Å². The molecule has 0 spiro atoms. The highest BCUT2D eigenvalue weighted by Gasteiger charge is 2.15. The number of aryl methyl sites for hydroxylation is 1. The van der Waals surface area contributed by atoms with E-state index in [4.69, 9.17) is 5.11 Å². The summed E-state index contributed by atoms with van der Waals surface area (Å²) in [5.41, 5.74) is 0.795. The Morgan fingerprint density at radius 3 is 2.75 bits per heavy atom. The summed E-state index contributed by atoms with van der Waals surface area (Å²) < 4.78 is 25.5. The molecule has 0 aromatic carbocycles. The first kappa shape index (κ1) is 13.3. The SMILES string of the molecule is Cc1cc(Br)cnc1N(CCO)CC(F)F. The number of halogens is 3. The highest BCUT2D eigenvalue weighted by Crippen LogP contribution is 2.21. The van der Waals surface area contributed by atoms with Crippen LogP contribution in [0.1, 0.15) is 5.56 Å². The zero-order valence-corrected chi connectivity index (χ0v) is 10.4. The molecule has 1 heterocycles. The molecule has 0 aliphatic heterocycles. The van der Waals surface area contributed by atoms with Crippen molar-refractivity contribution in [2.75, 3.05) is 24.6 Å². The summed E-state index contributed by atoms with van der Waals surface area (Å²) >= 11 is 3.26. The standard InChI is InChI=1S/C10H13BrF2N2O/c1-7-4-8(11)5-14-10(7)15(2-3-16)6-9(12)13/h4-5,9,16H,2-3,6H2,1H3. The number of hydrogen-bond donors (Lipinski definition) is 1. The summed E-state index contributed by atoms with van der Waals surface area (Å²) in [5, 5.41) is 8.83. The average Bonchev–Trinajstić information content (AvgIpc) is 2.16. The van der Waals surface area contributed by atoms with Crippen molar-refractivity contribution >= 4 is 21.7 Å². The minimum Gasteiger partial charge on any atom is -0.395 e. The van der Waals surface area contributed by atoms with E-state index in [-0.39, 0.29) is 13.2 Å². The normalized spacial score (nSPS) is 10.9. The number of rotatable bonds is 5. The third-order valence-electron chi connectivity index (χ3n) is 2.05. The zero-order valence-electron chi connectivity index (χ0n) is 8.83. The quantitative estimate of drug-likeness (QED) is 0.905. The molecular formula is C10H13BrF2N2O. The first-order chi connectivity index (χ1) is 7.54. The molecule has 0 radical (unpaired) electrons. The van der Waals surface area contributed by atoms with E-state index in [0.717, 1.165) is 10.0 Å². The Morgan fingerprint density at radius 2 is 2.25 bits per heavy atom. The molecule has 0 aliphatic carbocycles. The molecule has 0 aliphatic rings. The lowest BCUT2D eigenvalue weighted by atomic mass is 10.2. The Labute approximate surface area is 101 Å². The van der Waals surface area contributed by atoms with Crippen molar-refractivity contribution in [3.63, 3.8) is 0 Å². The van der Waals surface area contributed by atoms with Gasteiger partial charge < -0.3 is 10.0 Å². The molecule has 1 aromatic rings. The van der Waals surface area contributed by atoms with E-state index in [1.165, 1.54) is 4.90 Å². The van der Waals surface area contributed by atoms with Crippen LogP contribution in [0, 0.1) is 6.92 Å². The van der Waals surface area contributed by atoms with Crippen molar-refractivity contribution in [1.82, 2.24) is 4.98 Å². The predicted octanol–water partition coefficient (Wildman–Crippen LogP) is 2.22. The molecule has 1 rings (SSSR count). The maximum absolute atomic E-state index is 12.3. The number of hydrogen-bond acceptors (Lipinski definition) is 3. The summed E-state index contributed by atoms with van der Waals surface area (Å²) in [7, 11) is 0. The van der Waals surface area contributed by atoms with Gasteiger partial charge in [0.1, 0.15) is 5.82 Å². The molecule has 16 heavy (non-hydrogen) atoms. The fraction of sp³-hybridized carbons (Fsp3) is 0.500. The highest BCUT2D eigenvalue weighted by molar-refractivity contribution is 9.10. The van der Waals surface area contributed by atoms with E-state index in [1.807, 2.05) is 0 Å². The second-order valence-electron chi connectivity index (χ2n) is 3.35. The molecule has 1 N–H and O–H groups in total. The van der Waals surface area contributed by atoms with Crippen molar-refractivity contribution in [2.24, 2.45) is 0 Å². The molecule has 90 valence electrons. The van der Waals surface area contributed by atoms with Crippen LogP contribution in [-0.4, -0.2) is 36.2 Å². The minimum absolute atomic E-state index is 0.153. The van der Waals surface area contributed by atoms with Crippen molar-refractivity contribution < 1.29 is 13.9 Å². The minimum atomic E-state index is -2.45. The predicted molar refractivity (Wildman–Crippen MR) is 62.0 cm³/mol. The molecule has 6 heteroatoms.